The molecule has 0 radical (unpaired) electrons. The molecule has 5 rings (SSSR count). The average molecular weight is 368 g/mol. The van der Waals surface area contributed by atoms with Crippen molar-refractivity contribution in [3.05, 3.63) is 107 Å². The van der Waals surface area contributed by atoms with E-state index in [0.717, 1.165) is 33.5 Å². The standard InChI is InChI=1S/C22H16N4O2/c27-26(28)18-9-4-6-16(12-18)13-19-15-24-11-5-10-21(24)22-14-20(23-25(19)22)17-7-2-1-3-8-17/h1-12,14-15H,13H2. The highest BCUT2D eigenvalue weighted by Gasteiger charge is 2.13. The third-order valence-corrected chi connectivity index (χ3v) is 4.89. The number of benzene rings is 2. The van der Waals surface area contributed by atoms with Crippen LogP contribution in [0.1, 0.15) is 11.3 Å². The number of fused-ring (bicyclic) bond motifs is 3. The van der Waals surface area contributed by atoms with Crippen molar-refractivity contribution < 1.29 is 4.92 Å². The Morgan fingerprint density at radius 1 is 0.929 bits per heavy atom. The molecule has 136 valence electrons. The zero-order chi connectivity index (χ0) is 19.1. The molecule has 0 amide bonds. The van der Waals surface area contributed by atoms with Crippen LogP contribution in [0.2, 0.25) is 0 Å². The summed E-state index contributed by atoms with van der Waals surface area (Å²) in [6.45, 7) is 0. The molecule has 0 spiro atoms. The molecule has 0 aliphatic heterocycles. The van der Waals surface area contributed by atoms with Crippen molar-refractivity contribution in [1.29, 1.82) is 0 Å². The van der Waals surface area contributed by atoms with E-state index in [1.54, 1.807) is 12.1 Å². The third-order valence-electron chi connectivity index (χ3n) is 4.89. The number of nitro benzene ring substituents is 1. The highest BCUT2D eigenvalue weighted by Crippen LogP contribution is 2.25. The minimum atomic E-state index is -0.365. The molecule has 3 aromatic heterocycles. The first-order chi connectivity index (χ1) is 13.7. The summed E-state index contributed by atoms with van der Waals surface area (Å²) in [5.41, 5.74) is 5.96. The summed E-state index contributed by atoms with van der Waals surface area (Å²) in [5.74, 6) is 0. The Morgan fingerprint density at radius 2 is 1.79 bits per heavy atom. The minimum Gasteiger partial charge on any atom is -0.320 e. The SMILES string of the molecule is O=[N+]([O-])c1cccc(Cc2cn3cccc3c3cc(-c4ccccc4)nn23)c1. The zero-order valence-electron chi connectivity index (χ0n) is 14.9. The van der Waals surface area contributed by atoms with Crippen LogP contribution in [0.15, 0.2) is 85.2 Å². The monoisotopic (exact) mass is 368 g/mol. The summed E-state index contributed by atoms with van der Waals surface area (Å²) in [6, 6.07) is 23.0. The summed E-state index contributed by atoms with van der Waals surface area (Å²) in [5, 5.41) is 15.9. The first-order valence-electron chi connectivity index (χ1n) is 8.96. The largest absolute Gasteiger partial charge is 0.320 e. The Morgan fingerprint density at radius 3 is 2.61 bits per heavy atom. The van der Waals surface area contributed by atoms with Crippen molar-refractivity contribution in [3.63, 3.8) is 0 Å². The molecule has 5 aromatic rings. The van der Waals surface area contributed by atoms with E-state index in [0.29, 0.717) is 6.42 Å². The fraction of sp³-hybridized carbons (Fsp3) is 0.0455. The molecule has 6 heteroatoms. The molecule has 28 heavy (non-hydrogen) atoms. The minimum absolute atomic E-state index is 0.0984. The van der Waals surface area contributed by atoms with Gasteiger partial charge in [-0.05, 0) is 23.8 Å². The molecular weight excluding hydrogens is 352 g/mol. The molecule has 6 nitrogen and oxygen atoms in total. The van der Waals surface area contributed by atoms with E-state index in [4.69, 9.17) is 5.10 Å². The quantitative estimate of drug-likeness (QED) is 0.339. The number of nitro groups is 1. The molecule has 0 aliphatic carbocycles. The average Bonchev–Trinajstić information content (AvgIpc) is 3.36. The fourth-order valence-corrected chi connectivity index (χ4v) is 3.58. The van der Waals surface area contributed by atoms with Gasteiger partial charge in [0, 0.05) is 36.5 Å². The second-order valence-corrected chi connectivity index (χ2v) is 6.72. The van der Waals surface area contributed by atoms with Crippen LogP contribution in [-0.4, -0.2) is 18.9 Å². The summed E-state index contributed by atoms with van der Waals surface area (Å²) in [6.07, 6.45) is 4.58. The van der Waals surface area contributed by atoms with Crippen LogP contribution < -0.4 is 0 Å². The van der Waals surface area contributed by atoms with Crippen molar-refractivity contribution in [2.75, 3.05) is 0 Å². The molecule has 0 aliphatic rings. The van der Waals surface area contributed by atoms with Gasteiger partial charge in [0.2, 0.25) is 0 Å². The van der Waals surface area contributed by atoms with Gasteiger partial charge in [-0.25, -0.2) is 4.52 Å². The topological polar surface area (TPSA) is 64.8 Å². The van der Waals surface area contributed by atoms with E-state index in [9.17, 15) is 10.1 Å². The van der Waals surface area contributed by atoms with Crippen LogP contribution in [0.25, 0.3) is 22.3 Å². The number of rotatable bonds is 4. The number of non-ortho nitro benzene ring substituents is 1. The van der Waals surface area contributed by atoms with Crippen molar-refractivity contribution in [3.8, 4) is 11.3 Å². The van der Waals surface area contributed by atoms with Gasteiger partial charge >= 0.3 is 0 Å². The molecule has 0 atom stereocenters. The zero-order valence-corrected chi connectivity index (χ0v) is 14.9. The Bertz CT molecular complexity index is 1320. The Balaban J connectivity index is 1.68. The van der Waals surface area contributed by atoms with E-state index < -0.39 is 0 Å². The van der Waals surface area contributed by atoms with Crippen molar-refractivity contribution in [2.45, 2.75) is 6.42 Å². The van der Waals surface area contributed by atoms with E-state index in [-0.39, 0.29) is 10.6 Å². The van der Waals surface area contributed by atoms with Gasteiger partial charge in [0.25, 0.3) is 5.69 Å². The summed E-state index contributed by atoms with van der Waals surface area (Å²) in [7, 11) is 0. The molecular formula is C22H16N4O2. The fourth-order valence-electron chi connectivity index (χ4n) is 3.58. The van der Waals surface area contributed by atoms with Crippen LogP contribution in [0.4, 0.5) is 5.69 Å². The lowest BCUT2D eigenvalue weighted by molar-refractivity contribution is -0.384. The lowest BCUT2D eigenvalue weighted by atomic mass is 10.1. The Labute approximate surface area is 160 Å². The molecule has 0 fully saturated rings. The summed E-state index contributed by atoms with van der Waals surface area (Å²) < 4.78 is 4.01. The maximum absolute atomic E-state index is 11.1. The second kappa shape index (κ2) is 6.35. The first kappa shape index (κ1) is 16.3. The van der Waals surface area contributed by atoms with Crippen LogP contribution in [0.5, 0.6) is 0 Å². The number of hydrogen-bond donors (Lipinski definition) is 0. The Kier molecular flexibility index (Phi) is 3.69. The van der Waals surface area contributed by atoms with Crippen LogP contribution in [0, 0.1) is 10.1 Å². The Hall–Kier alpha value is -3.93. The molecule has 2 aromatic carbocycles. The van der Waals surface area contributed by atoms with E-state index in [1.165, 1.54) is 6.07 Å². The van der Waals surface area contributed by atoms with Crippen LogP contribution >= 0.6 is 0 Å². The predicted octanol–water partition coefficient (Wildman–Crippen LogP) is 4.75. The van der Waals surface area contributed by atoms with Crippen molar-refractivity contribution in [1.82, 2.24) is 14.0 Å². The molecule has 0 saturated carbocycles. The van der Waals surface area contributed by atoms with E-state index in [2.05, 4.69) is 16.5 Å². The van der Waals surface area contributed by atoms with Gasteiger partial charge in [-0.15, -0.1) is 0 Å². The van der Waals surface area contributed by atoms with Crippen molar-refractivity contribution >= 4 is 16.7 Å². The number of aromatic nitrogens is 3. The second-order valence-electron chi connectivity index (χ2n) is 6.72. The molecule has 3 heterocycles. The predicted molar refractivity (Wildman–Crippen MR) is 107 cm³/mol. The van der Waals surface area contributed by atoms with Gasteiger partial charge in [-0.1, -0.05) is 42.5 Å². The maximum atomic E-state index is 11.1. The molecule has 0 saturated heterocycles. The van der Waals surface area contributed by atoms with E-state index >= 15 is 0 Å². The lowest BCUT2D eigenvalue weighted by Crippen LogP contribution is -2.03. The van der Waals surface area contributed by atoms with E-state index in [1.807, 2.05) is 59.4 Å². The van der Waals surface area contributed by atoms with Gasteiger partial charge in [0.1, 0.15) is 0 Å². The number of hydrogen-bond acceptors (Lipinski definition) is 3. The number of nitrogens with zero attached hydrogens (tertiary/aromatic N) is 4. The van der Waals surface area contributed by atoms with Crippen LogP contribution in [0.3, 0.4) is 0 Å². The third kappa shape index (κ3) is 2.72. The molecule has 0 unspecified atom stereocenters. The summed E-state index contributed by atoms with van der Waals surface area (Å²) >= 11 is 0. The molecule has 0 N–H and O–H groups in total. The van der Waals surface area contributed by atoms with Gasteiger partial charge in [-0.3, -0.25) is 10.1 Å². The van der Waals surface area contributed by atoms with Crippen LogP contribution in [-0.2, 0) is 6.42 Å². The first-order valence-corrected chi connectivity index (χ1v) is 8.96. The highest BCUT2D eigenvalue weighted by molar-refractivity contribution is 5.80. The van der Waals surface area contributed by atoms with Gasteiger partial charge in [0.15, 0.2) is 0 Å². The normalized spacial score (nSPS) is 11.3. The highest BCUT2D eigenvalue weighted by atomic mass is 16.6. The molecule has 0 bridgehead atoms. The summed E-state index contributed by atoms with van der Waals surface area (Å²) in [4.78, 5) is 10.7. The van der Waals surface area contributed by atoms with Crippen molar-refractivity contribution in [2.24, 2.45) is 0 Å². The maximum Gasteiger partial charge on any atom is 0.269 e. The smallest absolute Gasteiger partial charge is 0.269 e. The van der Waals surface area contributed by atoms with Gasteiger partial charge in [0.05, 0.1) is 27.3 Å². The van der Waals surface area contributed by atoms with Gasteiger partial charge < -0.3 is 4.40 Å². The van der Waals surface area contributed by atoms with Gasteiger partial charge in [-0.2, -0.15) is 5.10 Å². The lowest BCUT2D eigenvalue weighted by Gasteiger charge is -2.08.